The van der Waals surface area contributed by atoms with Crippen molar-refractivity contribution in [3.05, 3.63) is 55.5 Å². The van der Waals surface area contributed by atoms with E-state index >= 15 is 0 Å². The molecule has 0 amide bonds. The van der Waals surface area contributed by atoms with E-state index in [0.717, 1.165) is 0 Å². The molecule has 0 N–H and O–H groups in total. The second-order valence-corrected chi connectivity index (χ2v) is 7.42. The monoisotopic (exact) mass is 343 g/mol. The average Bonchev–Trinajstić information content (AvgIpc) is 2.91. The maximum Gasteiger partial charge on any atom is 0.218 e. The second kappa shape index (κ2) is 5.98. The Morgan fingerprint density at radius 3 is 2.65 bits per heavy atom. The molecule has 7 heteroatoms. The van der Waals surface area contributed by atoms with Gasteiger partial charge in [-0.15, -0.1) is 11.3 Å². The molecule has 1 aromatic carbocycles. The van der Waals surface area contributed by atoms with Crippen LogP contribution in [0.4, 0.5) is 0 Å². The SMILES string of the molecule is N#C/C(=C\c1cccs1)S(=O)(=O)c1cc(Cl)ccc1Cl. The highest BCUT2D eigenvalue weighted by Crippen LogP contribution is 2.30. The van der Waals surface area contributed by atoms with Crippen molar-refractivity contribution in [2.75, 3.05) is 0 Å². The number of nitriles is 1. The Balaban J connectivity index is 2.59. The predicted molar refractivity (Wildman–Crippen MR) is 81.6 cm³/mol. The molecule has 1 aromatic heterocycles. The first-order valence-corrected chi connectivity index (χ1v) is 8.42. The molecule has 0 spiro atoms. The minimum atomic E-state index is -3.99. The van der Waals surface area contributed by atoms with Gasteiger partial charge in [-0.05, 0) is 35.7 Å². The van der Waals surface area contributed by atoms with Gasteiger partial charge in [-0.1, -0.05) is 29.3 Å². The van der Waals surface area contributed by atoms with Crippen molar-refractivity contribution in [3.8, 4) is 6.07 Å². The number of benzene rings is 1. The molecular formula is C13H7Cl2NO2S2. The van der Waals surface area contributed by atoms with E-state index in [4.69, 9.17) is 28.5 Å². The van der Waals surface area contributed by atoms with Gasteiger partial charge in [0.15, 0.2) is 4.91 Å². The smallest absolute Gasteiger partial charge is 0.218 e. The van der Waals surface area contributed by atoms with E-state index in [1.54, 1.807) is 23.6 Å². The summed E-state index contributed by atoms with van der Waals surface area (Å²) in [5.74, 6) is 0. The molecule has 0 saturated carbocycles. The van der Waals surface area contributed by atoms with Crippen molar-refractivity contribution < 1.29 is 8.42 Å². The Morgan fingerprint density at radius 1 is 1.30 bits per heavy atom. The molecule has 0 radical (unpaired) electrons. The number of hydrogen-bond donors (Lipinski definition) is 0. The molecule has 0 bridgehead atoms. The number of thiophene rings is 1. The summed E-state index contributed by atoms with van der Waals surface area (Å²) in [5.41, 5.74) is 0. The van der Waals surface area contributed by atoms with E-state index in [1.165, 1.54) is 35.6 Å². The Bertz CT molecular complexity index is 803. The summed E-state index contributed by atoms with van der Waals surface area (Å²) in [4.78, 5) is 0.128. The van der Waals surface area contributed by atoms with E-state index in [9.17, 15) is 8.42 Å². The van der Waals surface area contributed by atoms with Crippen LogP contribution in [0.2, 0.25) is 10.0 Å². The van der Waals surface area contributed by atoms with Crippen LogP contribution < -0.4 is 0 Å². The normalized spacial score (nSPS) is 12.2. The van der Waals surface area contributed by atoms with E-state index in [1.807, 2.05) is 0 Å². The molecule has 2 rings (SSSR count). The van der Waals surface area contributed by atoms with Crippen LogP contribution in [0.25, 0.3) is 6.08 Å². The van der Waals surface area contributed by atoms with Gasteiger partial charge >= 0.3 is 0 Å². The van der Waals surface area contributed by atoms with Gasteiger partial charge < -0.3 is 0 Å². The molecule has 0 saturated heterocycles. The molecule has 0 fully saturated rings. The molecule has 102 valence electrons. The Labute approximate surface area is 130 Å². The van der Waals surface area contributed by atoms with Crippen molar-refractivity contribution in [2.24, 2.45) is 0 Å². The van der Waals surface area contributed by atoms with Gasteiger partial charge in [0, 0.05) is 9.90 Å². The molecule has 0 aliphatic carbocycles. The van der Waals surface area contributed by atoms with Crippen molar-refractivity contribution in [1.82, 2.24) is 0 Å². The molecule has 0 atom stereocenters. The average molecular weight is 344 g/mol. The highest BCUT2D eigenvalue weighted by Gasteiger charge is 2.24. The van der Waals surface area contributed by atoms with Gasteiger partial charge in [-0.25, -0.2) is 8.42 Å². The van der Waals surface area contributed by atoms with E-state index < -0.39 is 9.84 Å². The Hall–Kier alpha value is -1.32. The molecule has 2 aromatic rings. The zero-order valence-corrected chi connectivity index (χ0v) is 13.0. The third kappa shape index (κ3) is 3.05. The lowest BCUT2D eigenvalue weighted by atomic mass is 10.4. The number of halogens is 2. The summed E-state index contributed by atoms with van der Waals surface area (Å²) in [6.07, 6.45) is 1.32. The fraction of sp³-hybridized carbons (Fsp3) is 0. The zero-order chi connectivity index (χ0) is 14.8. The topological polar surface area (TPSA) is 57.9 Å². The standard InChI is InChI=1S/C13H7Cl2NO2S2/c14-9-3-4-12(15)13(6-9)20(17,18)11(8-16)7-10-2-1-5-19-10/h1-7H/b11-7+. The summed E-state index contributed by atoms with van der Waals surface area (Å²) in [6.45, 7) is 0. The molecule has 0 unspecified atom stereocenters. The highest BCUT2D eigenvalue weighted by molar-refractivity contribution is 7.95. The minimum Gasteiger partial charge on any atom is -0.218 e. The zero-order valence-electron chi connectivity index (χ0n) is 9.88. The van der Waals surface area contributed by atoms with E-state index in [2.05, 4.69) is 0 Å². The molecular weight excluding hydrogens is 337 g/mol. The van der Waals surface area contributed by atoms with Crippen LogP contribution >= 0.6 is 34.5 Å². The third-order valence-corrected chi connectivity index (χ3v) is 5.60. The van der Waals surface area contributed by atoms with Gasteiger partial charge in [-0.2, -0.15) is 5.26 Å². The maximum absolute atomic E-state index is 12.4. The van der Waals surface area contributed by atoms with E-state index in [-0.39, 0.29) is 19.8 Å². The molecule has 0 aliphatic rings. The summed E-state index contributed by atoms with van der Waals surface area (Å²) in [5, 5.41) is 11.2. The number of hydrogen-bond acceptors (Lipinski definition) is 4. The predicted octanol–water partition coefficient (Wildman–Crippen LogP) is 4.39. The number of rotatable bonds is 3. The second-order valence-electron chi connectivity index (χ2n) is 3.71. The maximum atomic E-state index is 12.4. The van der Waals surface area contributed by atoms with Crippen molar-refractivity contribution in [3.63, 3.8) is 0 Å². The number of nitrogens with zero attached hydrogens (tertiary/aromatic N) is 1. The van der Waals surface area contributed by atoms with Crippen LogP contribution in [0.15, 0.2) is 45.5 Å². The molecule has 0 aliphatic heterocycles. The Kier molecular flexibility index (Phi) is 4.51. The van der Waals surface area contributed by atoms with Crippen LogP contribution in [0, 0.1) is 11.3 Å². The molecule has 1 heterocycles. The lowest BCUT2D eigenvalue weighted by molar-refractivity contribution is 0.603. The van der Waals surface area contributed by atoms with Crippen molar-refractivity contribution in [2.45, 2.75) is 4.90 Å². The lowest BCUT2D eigenvalue weighted by Gasteiger charge is -2.05. The highest BCUT2D eigenvalue weighted by atomic mass is 35.5. The summed E-state index contributed by atoms with van der Waals surface area (Å²) in [7, 11) is -3.99. The number of sulfone groups is 1. The van der Waals surface area contributed by atoms with Crippen molar-refractivity contribution >= 4 is 50.5 Å². The summed E-state index contributed by atoms with van der Waals surface area (Å²) < 4.78 is 24.9. The van der Waals surface area contributed by atoms with Crippen molar-refractivity contribution in [1.29, 1.82) is 5.26 Å². The fourth-order valence-corrected chi connectivity index (χ4v) is 4.11. The van der Waals surface area contributed by atoms with Crippen LogP contribution in [0.3, 0.4) is 0 Å². The van der Waals surface area contributed by atoms with Gasteiger partial charge in [0.1, 0.15) is 6.07 Å². The van der Waals surface area contributed by atoms with Gasteiger partial charge in [0.2, 0.25) is 9.84 Å². The summed E-state index contributed by atoms with van der Waals surface area (Å²) >= 11 is 13.0. The Morgan fingerprint density at radius 2 is 2.05 bits per heavy atom. The van der Waals surface area contributed by atoms with Crippen LogP contribution in [-0.4, -0.2) is 8.42 Å². The quantitative estimate of drug-likeness (QED) is 0.776. The van der Waals surface area contributed by atoms with Gasteiger partial charge in [0.05, 0.1) is 9.92 Å². The lowest BCUT2D eigenvalue weighted by Crippen LogP contribution is -2.04. The first-order valence-electron chi connectivity index (χ1n) is 5.30. The number of allylic oxidation sites excluding steroid dienone is 1. The van der Waals surface area contributed by atoms with Crippen LogP contribution in [-0.2, 0) is 9.84 Å². The van der Waals surface area contributed by atoms with E-state index in [0.29, 0.717) is 4.88 Å². The molecule has 20 heavy (non-hydrogen) atoms. The fourth-order valence-electron chi connectivity index (χ4n) is 1.47. The third-order valence-electron chi connectivity index (χ3n) is 2.40. The van der Waals surface area contributed by atoms with Crippen LogP contribution in [0.1, 0.15) is 4.88 Å². The minimum absolute atomic E-state index is 0.0294. The largest absolute Gasteiger partial charge is 0.218 e. The first kappa shape index (κ1) is 15.1. The van der Waals surface area contributed by atoms with Gasteiger partial charge in [0.25, 0.3) is 0 Å². The summed E-state index contributed by atoms with van der Waals surface area (Å²) in [6, 6.07) is 9.30. The van der Waals surface area contributed by atoms with Crippen LogP contribution in [0.5, 0.6) is 0 Å². The molecule has 3 nitrogen and oxygen atoms in total. The van der Waals surface area contributed by atoms with Gasteiger partial charge in [-0.3, -0.25) is 0 Å². The first-order chi connectivity index (χ1) is 9.45.